The van der Waals surface area contributed by atoms with Gasteiger partial charge in [0.15, 0.2) is 0 Å². The van der Waals surface area contributed by atoms with Crippen molar-refractivity contribution in [3.05, 3.63) is 23.8 Å². The number of rotatable bonds is 3. The van der Waals surface area contributed by atoms with Gasteiger partial charge in [-0.2, -0.15) is 0 Å². The maximum atomic E-state index is 7.67. The van der Waals surface area contributed by atoms with Crippen LogP contribution in [0.25, 0.3) is 0 Å². The molecule has 3 N–H and O–H groups in total. The highest BCUT2D eigenvalue weighted by molar-refractivity contribution is 6.00. The van der Waals surface area contributed by atoms with E-state index in [1.807, 2.05) is 18.2 Å². The van der Waals surface area contributed by atoms with Crippen molar-refractivity contribution in [1.29, 1.82) is 5.41 Å². The summed E-state index contributed by atoms with van der Waals surface area (Å²) < 4.78 is 5.26. The Morgan fingerprint density at radius 3 is 2.61 bits per heavy atom. The molecule has 18 heavy (non-hydrogen) atoms. The second-order valence-electron chi connectivity index (χ2n) is 4.97. The minimum absolute atomic E-state index is 0.117. The number of benzene rings is 1. The lowest BCUT2D eigenvalue weighted by atomic mass is 9.98. The van der Waals surface area contributed by atoms with E-state index in [2.05, 4.69) is 11.8 Å². The van der Waals surface area contributed by atoms with Gasteiger partial charge < -0.3 is 15.4 Å². The average molecular weight is 247 g/mol. The van der Waals surface area contributed by atoms with Gasteiger partial charge >= 0.3 is 0 Å². The van der Waals surface area contributed by atoms with E-state index in [1.165, 1.54) is 12.8 Å². The van der Waals surface area contributed by atoms with Crippen LogP contribution >= 0.6 is 0 Å². The Morgan fingerprint density at radius 1 is 1.39 bits per heavy atom. The fourth-order valence-corrected chi connectivity index (χ4v) is 2.38. The molecule has 0 bridgehead atoms. The molecule has 0 unspecified atom stereocenters. The van der Waals surface area contributed by atoms with Crippen LogP contribution in [0.15, 0.2) is 18.2 Å². The summed E-state index contributed by atoms with van der Waals surface area (Å²) in [7, 11) is 1.66. The Hall–Kier alpha value is -1.71. The van der Waals surface area contributed by atoms with Crippen molar-refractivity contribution in [3.8, 4) is 5.75 Å². The number of anilines is 1. The second-order valence-corrected chi connectivity index (χ2v) is 4.97. The van der Waals surface area contributed by atoms with Crippen molar-refractivity contribution < 1.29 is 4.74 Å². The number of nitrogens with two attached hydrogens (primary N) is 1. The SMILES string of the molecule is COc1ccc(C(=N)N)c(N2CCC(C)CC2)c1. The van der Waals surface area contributed by atoms with E-state index in [4.69, 9.17) is 15.9 Å². The van der Waals surface area contributed by atoms with E-state index in [-0.39, 0.29) is 5.84 Å². The van der Waals surface area contributed by atoms with Gasteiger partial charge in [0.05, 0.1) is 12.8 Å². The van der Waals surface area contributed by atoms with Gasteiger partial charge in [-0.1, -0.05) is 6.92 Å². The molecule has 4 heteroatoms. The molecule has 1 aromatic carbocycles. The van der Waals surface area contributed by atoms with Crippen LogP contribution in [0.2, 0.25) is 0 Å². The Morgan fingerprint density at radius 2 is 2.06 bits per heavy atom. The van der Waals surface area contributed by atoms with E-state index in [0.29, 0.717) is 0 Å². The maximum absolute atomic E-state index is 7.67. The molecule has 1 aliphatic heterocycles. The molecule has 98 valence electrons. The van der Waals surface area contributed by atoms with Gasteiger partial charge in [0, 0.05) is 24.7 Å². The van der Waals surface area contributed by atoms with Crippen LogP contribution in [-0.4, -0.2) is 26.0 Å². The number of hydrogen-bond donors (Lipinski definition) is 2. The summed E-state index contributed by atoms with van der Waals surface area (Å²) >= 11 is 0. The Bertz CT molecular complexity index is 437. The Kier molecular flexibility index (Phi) is 3.75. The number of nitrogens with zero attached hydrogens (tertiary/aromatic N) is 1. The molecule has 0 spiro atoms. The molecule has 1 aromatic rings. The minimum Gasteiger partial charge on any atom is -0.497 e. The lowest BCUT2D eigenvalue weighted by Crippen LogP contribution is -2.34. The fraction of sp³-hybridized carbons (Fsp3) is 0.500. The third kappa shape index (κ3) is 2.58. The Labute approximate surface area is 108 Å². The number of amidine groups is 1. The summed E-state index contributed by atoms with van der Waals surface area (Å²) in [6.45, 7) is 4.33. The van der Waals surface area contributed by atoms with Crippen molar-refractivity contribution in [3.63, 3.8) is 0 Å². The molecule has 0 atom stereocenters. The Balaban J connectivity index is 2.31. The van der Waals surface area contributed by atoms with Gasteiger partial charge in [0.25, 0.3) is 0 Å². The van der Waals surface area contributed by atoms with E-state index in [0.717, 1.165) is 36.0 Å². The fourth-order valence-electron chi connectivity index (χ4n) is 2.38. The normalized spacial score (nSPS) is 16.7. The number of nitrogens with one attached hydrogen (secondary N) is 1. The topological polar surface area (TPSA) is 62.3 Å². The quantitative estimate of drug-likeness (QED) is 0.636. The van der Waals surface area contributed by atoms with Crippen LogP contribution < -0.4 is 15.4 Å². The van der Waals surface area contributed by atoms with Crippen LogP contribution in [-0.2, 0) is 0 Å². The third-order valence-corrected chi connectivity index (χ3v) is 3.62. The lowest BCUT2D eigenvalue weighted by Gasteiger charge is -2.33. The minimum atomic E-state index is 0.117. The molecule has 1 aliphatic rings. The van der Waals surface area contributed by atoms with Gasteiger partial charge in [0.1, 0.15) is 11.6 Å². The number of ether oxygens (including phenoxy) is 1. The summed E-state index contributed by atoms with van der Waals surface area (Å²) in [6, 6.07) is 5.70. The zero-order valence-corrected chi connectivity index (χ0v) is 11.1. The zero-order chi connectivity index (χ0) is 13.1. The summed E-state index contributed by atoms with van der Waals surface area (Å²) in [5.41, 5.74) is 7.47. The zero-order valence-electron chi connectivity index (χ0n) is 11.1. The summed E-state index contributed by atoms with van der Waals surface area (Å²) in [5, 5.41) is 7.67. The number of piperidine rings is 1. The molecular formula is C14H21N3O. The van der Waals surface area contributed by atoms with E-state index >= 15 is 0 Å². The molecule has 2 rings (SSSR count). The highest BCUT2D eigenvalue weighted by Gasteiger charge is 2.19. The summed E-state index contributed by atoms with van der Waals surface area (Å²) in [6.07, 6.45) is 2.38. The second kappa shape index (κ2) is 5.29. The van der Waals surface area contributed by atoms with Gasteiger partial charge in [-0.25, -0.2) is 0 Å². The highest BCUT2D eigenvalue weighted by Crippen LogP contribution is 2.29. The van der Waals surface area contributed by atoms with Crippen LogP contribution in [0.3, 0.4) is 0 Å². The van der Waals surface area contributed by atoms with E-state index in [9.17, 15) is 0 Å². The van der Waals surface area contributed by atoms with Crippen LogP contribution in [0.4, 0.5) is 5.69 Å². The van der Waals surface area contributed by atoms with Crippen molar-refractivity contribution in [2.75, 3.05) is 25.1 Å². The van der Waals surface area contributed by atoms with Gasteiger partial charge in [-0.05, 0) is 30.9 Å². The van der Waals surface area contributed by atoms with Crippen molar-refractivity contribution >= 4 is 11.5 Å². The predicted molar refractivity (Wildman–Crippen MR) is 74.6 cm³/mol. The first kappa shape index (κ1) is 12.7. The number of methoxy groups -OCH3 is 1. The number of nitrogen functional groups attached to an aromatic ring is 1. The van der Waals surface area contributed by atoms with Crippen molar-refractivity contribution in [1.82, 2.24) is 0 Å². The first-order valence-corrected chi connectivity index (χ1v) is 6.39. The molecule has 0 saturated carbocycles. The first-order chi connectivity index (χ1) is 8.61. The molecule has 0 aliphatic carbocycles. The summed E-state index contributed by atoms with van der Waals surface area (Å²) in [4.78, 5) is 2.30. The van der Waals surface area contributed by atoms with E-state index in [1.54, 1.807) is 7.11 Å². The molecule has 1 fully saturated rings. The van der Waals surface area contributed by atoms with Gasteiger partial charge in [-0.15, -0.1) is 0 Å². The molecule has 0 amide bonds. The first-order valence-electron chi connectivity index (χ1n) is 6.39. The third-order valence-electron chi connectivity index (χ3n) is 3.62. The van der Waals surface area contributed by atoms with Crippen molar-refractivity contribution in [2.45, 2.75) is 19.8 Å². The van der Waals surface area contributed by atoms with Gasteiger partial charge in [-0.3, -0.25) is 5.41 Å². The van der Waals surface area contributed by atoms with Crippen LogP contribution in [0, 0.1) is 11.3 Å². The lowest BCUT2D eigenvalue weighted by molar-refractivity contribution is 0.413. The molecule has 0 radical (unpaired) electrons. The van der Waals surface area contributed by atoms with Crippen molar-refractivity contribution in [2.24, 2.45) is 11.7 Å². The molecular weight excluding hydrogens is 226 g/mol. The van der Waals surface area contributed by atoms with Crippen LogP contribution in [0.5, 0.6) is 5.75 Å². The standard InChI is InChI=1S/C14H21N3O/c1-10-5-7-17(8-6-10)13-9-11(18-2)3-4-12(13)14(15)16/h3-4,9-10H,5-8H2,1-2H3,(H3,15,16). The smallest absolute Gasteiger partial charge is 0.124 e. The molecule has 0 aromatic heterocycles. The molecule has 1 saturated heterocycles. The van der Waals surface area contributed by atoms with Gasteiger partial charge in [0.2, 0.25) is 0 Å². The average Bonchev–Trinajstić information content (AvgIpc) is 2.38. The van der Waals surface area contributed by atoms with E-state index < -0.39 is 0 Å². The molecule has 4 nitrogen and oxygen atoms in total. The highest BCUT2D eigenvalue weighted by atomic mass is 16.5. The predicted octanol–water partition coefficient (Wildman–Crippen LogP) is 2.22. The monoisotopic (exact) mass is 247 g/mol. The van der Waals surface area contributed by atoms with Crippen LogP contribution in [0.1, 0.15) is 25.3 Å². The largest absolute Gasteiger partial charge is 0.497 e. The molecule has 1 heterocycles. The maximum Gasteiger partial charge on any atom is 0.124 e. The number of hydrogen-bond acceptors (Lipinski definition) is 3. The summed E-state index contributed by atoms with van der Waals surface area (Å²) in [5.74, 6) is 1.72.